The second kappa shape index (κ2) is 6.75. The summed E-state index contributed by atoms with van der Waals surface area (Å²) in [4.78, 5) is 0. The molecule has 1 heterocycles. The van der Waals surface area contributed by atoms with Gasteiger partial charge in [-0.05, 0) is 36.5 Å². The number of hydrogen-bond donors (Lipinski definition) is 1. The summed E-state index contributed by atoms with van der Waals surface area (Å²) in [6, 6.07) is 8.60. The number of nitrogens with one attached hydrogen (secondary N) is 1. The van der Waals surface area contributed by atoms with Crippen molar-refractivity contribution in [3.05, 3.63) is 39.8 Å². The van der Waals surface area contributed by atoms with Crippen LogP contribution in [0.1, 0.15) is 54.2 Å². The number of nitrogens with zero attached hydrogens (tertiary/aromatic N) is 2. The van der Waals surface area contributed by atoms with Gasteiger partial charge in [0.2, 0.25) is 0 Å². The molecule has 1 aliphatic rings. The molecule has 0 aliphatic heterocycles. The fourth-order valence-electron chi connectivity index (χ4n) is 2.58. The molecule has 2 aromatic rings. The first-order valence-electron chi connectivity index (χ1n) is 7.87. The predicted octanol–water partition coefficient (Wildman–Crippen LogP) is 3.91. The van der Waals surface area contributed by atoms with Crippen LogP contribution >= 0.6 is 11.3 Å². The highest BCUT2D eigenvalue weighted by atomic mass is 32.1. The maximum Gasteiger partial charge on any atom is 0.131 e. The topological polar surface area (TPSA) is 47.0 Å². The zero-order valence-electron chi connectivity index (χ0n) is 13.4. The quantitative estimate of drug-likeness (QED) is 0.841. The second-order valence-corrected chi connectivity index (χ2v) is 7.28. The van der Waals surface area contributed by atoms with Crippen molar-refractivity contribution >= 4 is 11.3 Å². The zero-order chi connectivity index (χ0) is 15.5. The van der Waals surface area contributed by atoms with E-state index < -0.39 is 0 Å². The minimum atomic E-state index is 0.305. The van der Waals surface area contributed by atoms with Gasteiger partial charge in [0.25, 0.3) is 0 Å². The van der Waals surface area contributed by atoms with E-state index in [1.165, 1.54) is 23.4 Å². The lowest BCUT2D eigenvalue weighted by Gasteiger charge is -2.22. The number of rotatable bonds is 7. The van der Waals surface area contributed by atoms with Gasteiger partial charge in [0.1, 0.15) is 15.8 Å². The summed E-state index contributed by atoms with van der Waals surface area (Å²) in [6.45, 7) is 5.24. The lowest BCUT2D eigenvalue weighted by Crippen LogP contribution is -2.25. The van der Waals surface area contributed by atoms with Crippen molar-refractivity contribution in [1.29, 1.82) is 0 Å². The molecule has 0 unspecified atom stereocenters. The Morgan fingerprint density at radius 3 is 2.55 bits per heavy atom. The average Bonchev–Trinajstić information content (AvgIpc) is 3.27. The third kappa shape index (κ3) is 3.65. The molecule has 1 atom stereocenters. The molecule has 0 amide bonds. The number of ether oxygens (including phenoxy) is 1. The van der Waals surface area contributed by atoms with Crippen molar-refractivity contribution < 1.29 is 4.74 Å². The van der Waals surface area contributed by atoms with Crippen LogP contribution in [0.3, 0.4) is 0 Å². The molecule has 0 saturated heterocycles. The van der Waals surface area contributed by atoms with E-state index in [9.17, 15) is 0 Å². The van der Waals surface area contributed by atoms with Gasteiger partial charge in [-0.1, -0.05) is 37.3 Å². The first-order chi connectivity index (χ1) is 10.7. The maximum atomic E-state index is 5.23. The second-order valence-electron chi connectivity index (χ2n) is 6.18. The Hall–Kier alpha value is -1.46. The molecule has 1 fully saturated rings. The van der Waals surface area contributed by atoms with Gasteiger partial charge in [0.05, 0.1) is 13.7 Å². The normalized spacial score (nSPS) is 16.0. The smallest absolute Gasteiger partial charge is 0.131 e. The molecule has 3 rings (SSSR count). The summed E-state index contributed by atoms with van der Waals surface area (Å²) in [6.07, 6.45) is 2.56. The van der Waals surface area contributed by atoms with Gasteiger partial charge in [0, 0.05) is 12.0 Å². The maximum absolute atomic E-state index is 5.23. The number of hydrogen-bond acceptors (Lipinski definition) is 5. The Morgan fingerprint density at radius 1 is 1.23 bits per heavy atom. The van der Waals surface area contributed by atoms with Crippen LogP contribution in [0.15, 0.2) is 24.3 Å². The summed E-state index contributed by atoms with van der Waals surface area (Å²) < 4.78 is 5.23. The van der Waals surface area contributed by atoms with Crippen molar-refractivity contribution in [1.82, 2.24) is 15.5 Å². The van der Waals surface area contributed by atoms with E-state index in [2.05, 4.69) is 41.5 Å². The van der Waals surface area contributed by atoms with Gasteiger partial charge in [-0.2, -0.15) is 0 Å². The van der Waals surface area contributed by atoms with Gasteiger partial charge < -0.3 is 10.1 Å². The molecule has 22 heavy (non-hydrogen) atoms. The van der Waals surface area contributed by atoms with Crippen LogP contribution < -0.4 is 10.1 Å². The molecule has 0 bridgehead atoms. The van der Waals surface area contributed by atoms with Crippen LogP contribution in [0.4, 0.5) is 0 Å². The van der Waals surface area contributed by atoms with Crippen LogP contribution in [-0.4, -0.2) is 17.3 Å². The van der Waals surface area contributed by atoms with Crippen molar-refractivity contribution in [3.8, 4) is 5.75 Å². The monoisotopic (exact) mass is 317 g/mol. The lowest BCUT2D eigenvalue weighted by molar-refractivity contribution is 0.404. The third-order valence-electron chi connectivity index (χ3n) is 4.02. The van der Waals surface area contributed by atoms with E-state index in [4.69, 9.17) is 4.74 Å². The molecule has 1 saturated carbocycles. The Labute approximate surface area is 135 Å². The Morgan fingerprint density at radius 2 is 1.95 bits per heavy atom. The van der Waals surface area contributed by atoms with Crippen molar-refractivity contribution in [3.63, 3.8) is 0 Å². The molecule has 118 valence electrons. The van der Waals surface area contributed by atoms with Crippen molar-refractivity contribution in [2.75, 3.05) is 7.11 Å². The van der Waals surface area contributed by atoms with E-state index in [1.54, 1.807) is 18.4 Å². The Kier molecular flexibility index (Phi) is 4.74. The minimum Gasteiger partial charge on any atom is -0.497 e. The fourth-order valence-corrected chi connectivity index (χ4v) is 3.54. The van der Waals surface area contributed by atoms with Crippen LogP contribution in [0, 0.1) is 5.92 Å². The van der Waals surface area contributed by atoms with E-state index in [1.807, 2.05) is 12.1 Å². The highest BCUT2D eigenvalue weighted by Crippen LogP contribution is 2.41. The molecule has 1 aromatic carbocycles. The predicted molar refractivity (Wildman–Crippen MR) is 89.3 cm³/mol. The Balaban J connectivity index is 1.65. The molecule has 0 spiro atoms. The molecule has 0 radical (unpaired) electrons. The minimum absolute atomic E-state index is 0.305. The largest absolute Gasteiger partial charge is 0.497 e. The highest BCUT2D eigenvalue weighted by Gasteiger charge is 2.27. The van der Waals surface area contributed by atoms with Crippen molar-refractivity contribution in [2.45, 2.75) is 45.2 Å². The van der Waals surface area contributed by atoms with Gasteiger partial charge >= 0.3 is 0 Å². The number of benzene rings is 1. The van der Waals surface area contributed by atoms with Gasteiger partial charge in [-0.15, -0.1) is 10.2 Å². The first-order valence-corrected chi connectivity index (χ1v) is 8.68. The summed E-state index contributed by atoms with van der Waals surface area (Å²) in [5.74, 6) is 2.09. The van der Waals surface area contributed by atoms with Crippen LogP contribution in [0.25, 0.3) is 0 Å². The zero-order valence-corrected chi connectivity index (χ0v) is 14.2. The highest BCUT2D eigenvalue weighted by molar-refractivity contribution is 7.11. The van der Waals surface area contributed by atoms with Crippen molar-refractivity contribution in [2.24, 2.45) is 5.92 Å². The van der Waals surface area contributed by atoms with Crippen LogP contribution in [-0.2, 0) is 6.54 Å². The first kappa shape index (κ1) is 15.4. The third-order valence-corrected chi connectivity index (χ3v) is 5.11. The van der Waals surface area contributed by atoms with E-state index in [-0.39, 0.29) is 0 Å². The summed E-state index contributed by atoms with van der Waals surface area (Å²) in [5, 5.41) is 14.5. The van der Waals surface area contributed by atoms with E-state index in [0.29, 0.717) is 17.9 Å². The van der Waals surface area contributed by atoms with Gasteiger partial charge in [-0.25, -0.2) is 0 Å². The number of methoxy groups -OCH3 is 1. The number of aromatic nitrogens is 2. The molecule has 1 aliphatic carbocycles. The average molecular weight is 317 g/mol. The van der Waals surface area contributed by atoms with Crippen LogP contribution in [0.2, 0.25) is 0 Å². The molecular formula is C17H23N3OS. The molecular weight excluding hydrogens is 294 g/mol. The lowest BCUT2D eigenvalue weighted by atomic mass is 9.96. The molecule has 4 nitrogen and oxygen atoms in total. The molecule has 5 heteroatoms. The summed E-state index contributed by atoms with van der Waals surface area (Å²) in [5.41, 5.74) is 1.28. The van der Waals surface area contributed by atoms with Crippen LogP contribution in [0.5, 0.6) is 5.75 Å². The molecule has 1 N–H and O–H groups in total. The standard InChI is InChI=1S/C17H23N3OS/c1-11(2)16(12-6-8-14(21-3)9-7-12)18-10-15-19-20-17(22-15)13-4-5-13/h6-9,11,13,16,18H,4-5,10H2,1-3H3/t16-/m1/s1. The van der Waals surface area contributed by atoms with E-state index >= 15 is 0 Å². The summed E-state index contributed by atoms with van der Waals surface area (Å²) in [7, 11) is 1.69. The van der Waals surface area contributed by atoms with E-state index in [0.717, 1.165) is 17.3 Å². The fraction of sp³-hybridized carbons (Fsp3) is 0.529. The SMILES string of the molecule is COc1ccc([C@H](NCc2nnc(C3CC3)s2)C(C)C)cc1. The van der Waals surface area contributed by atoms with Gasteiger partial charge in [-0.3, -0.25) is 0 Å². The van der Waals surface area contributed by atoms with Gasteiger partial charge in [0.15, 0.2) is 0 Å². The molecule has 1 aromatic heterocycles. The summed E-state index contributed by atoms with van der Waals surface area (Å²) >= 11 is 1.75. The Bertz CT molecular complexity index is 605.